The van der Waals surface area contributed by atoms with Gasteiger partial charge in [0.25, 0.3) is 0 Å². The highest BCUT2D eigenvalue weighted by molar-refractivity contribution is 7.89. The second-order valence-corrected chi connectivity index (χ2v) is 6.04. The molecule has 0 aromatic carbocycles. The van der Waals surface area contributed by atoms with E-state index in [4.69, 9.17) is 0 Å². The smallest absolute Gasteiger partial charge is 0.214 e. The lowest BCUT2D eigenvalue weighted by atomic mass is 10.3. The lowest BCUT2D eigenvalue weighted by Crippen LogP contribution is -2.37. The van der Waals surface area contributed by atoms with E-state index in [1.807, 2.05) is 0 Å². The van der Waals surface area contributed by atoms with E-state index < -0.39 is 10.0 Å². The van der Waals surface area contributed by atoms with Crippen LogP contribution < -0.4 is 10.6 Å². The zero-order valence-corrected chi connectivity index (χ0v) is 9.60. The standard InChI is InChI=1S/C8H19N3O2S/c1-11(2)14(12,13)6-5-10-8-3-4-9-7-8/h8-10H,3-7H2,1-2H3. The second-order valence-electron chi connectivity index (χ2n) is 3.74. The van der Waals surface area contributed by atoms with Gasteiger partial charge in [-0.3, -0.25) is 0 Å². The van der Waals surface area contributed by atoms with E-state index >= 15 is 0 Å². The summed E-state index contributed by atoms with van der Waals surface area (Å²) in [5, 5.41) is 6.44. The molecule has 1 atom stereocenters. The van der Waals surface area contributed by atoms with Crippen molar-refractivity contribution in [3.8, 4) is 0 Å². The van der Waals surface area contributed by atoms with Crippen LogP contribution in [0.3, 0.4) is 0 Å². The van der Waals surface area contributed by atoms with Gasteiger partial charge in [0.05, 0.1) is 5.75 Å². The first-order valence-corrected chi connectivity index (χ1v) is 6.47. The number of nitrogens with one attached hydrogen (secondary N) is 2. The van der Waals surface area contributed by atoms with Gasteiger partial charge >= 0.3 is 0 Å². The van der Waals surface area contributed by atoms with Gasteiger partial charge in [-0.05, 0) is 13.0 Å². The molecule has 84 valence electrons. The van der Waals surface area contributed by atoms with Gasteiger partial charge in [-0.15, -0.1) is 0 Å². The molecule has 0 spiro atoms. The Kier molecular flexibility index (Phi) is 4.31. The Morgan fingerprint density at radius 3 is 2.71 bits per heavy atom. The molecule has 0 radical (unpaired) electrons. The minimum atomic E-state index is -3.04. The lowest BCUT2D eigenvalue weighted by Gasteiger charge is -2.14. The van der Waals surface area contributed by atoms with Crippen molar-refractivity contribution < 1.29 is 8.42 Å². The molecule has 1 aliphatic heterocycles. The van der Waals surface area contributed by atoms with E-state index in [2.05, 4.69) is 10.6 Å². The summed E-state index contributed by atoms with van der Waals surface area (Å²) in [5.41, 5.74) is 0. The van der Waals surface area contributed by atoms with Crippen LogP contribution in [0.15, 0.2) is 0 Å². The van der Waals surface area contributed by atoms with Crippen molar-refractivity contribution in [3.05, 3.63) is 0 Å². The lowest BCUT2D eigenvalue weighted by molar-refractivity contribution is 0.509. The van der Waals surface area contributed by atoms with Gasteiger partial charge < -0.3 is 10.6 Å². The molecule has 1 saturated heterocycles. The summed E-state index contributed by atoms with van der Waals surface area (Å²) in [6.45, 7) is 2.51. The van der Waals surface area contributed by atoms with Crippen molar-refractivity contribution in [2.75, 3.05) is 39.5 Å². The highest BCUT2D eigenvalue weighted by Gasteiger charge is 2.16. The normalized spacial score (nSPS) is 23.2. The van der Waals surface area contributed by atoms with Crippen molar-refractivity contribution >= 4 is 10.0 Å². The number of sulfonamides is 1. The molecule has 0 bridgehead atoms. The molecule has 0 aromatic heterocycles. The molecule has 6 heteroatoms. The van der Waals surface area contributed by atoms with Crippen LogP contribution in [-0.4, -0.2) is 58.2 Å². The summed E-state index contributed by atoms with van der Waals surface area (Å²) < 4.78 is 24.0. The largest absolute Gasteiger partial charge is 0.315 e. The topological polar surface area (TPSA) is 61.4 Å². The van der Waals surface area contributed by atoms with Crippen molar-refractivity contribution in [1.29, 1.82) is 0 Å². The van der Waals surface area contributed by atoms with E-state index in [1.165, 1.54) is 4.31 Å². The van der Waals surface area contributed by atoms with Gasteiger partial charge in [0.2, 0.25) is 10.0 Å². The molecule has 1 unspecified atom stereocenters. The van der Waals surface area contributed by atoms with Crippen LogP contribution in [0.4, 0.5) is 0 Å². The summed E-state index contributed by atoms with van der Waals surface area (Å²) in [6.07, 6.45) is 1.09. The van der Waals surface area contributed by atoms with Gasteiger partial charge in [-0.2, -0.15) is 0 Å². The Morgan fingerprint density at radius 1 is 1.50 bits per heavy atom. The fraction of sp³-hybridized carbons (Fsp3) is 1.00. The summed E-state index contributed by atoms with van der Waals surface area (Å²) in [7, 11) is 0.0845. The highest BCUT2D eigenvalue weighted by Crippen LogP contribution is 1.97. The first-order chi connectivity index (χ1) is 6.52. The molecule has 1 heterocycles. The van der Waals surface area contributed by atoms with Crippen LogP contribution >= 0.6 is 0 Å². The third-order valence-corrected chi connectivity index (χ3v) is 4.24. The molecule has 0 amide bonds. The quantitative estimate of drug-likeness (QED) is 0.614. The monoisotopic (exact) mass is 221 g/mol. The molecule has 5 nitrogen and oxygen atoms in total. The summed E-state index contributed by atoms with van der Waals surface area (Å²) in [6, 6.07) is 0.437. The molecule has 2 N–H and O–H groups in total. The number of rotatable bonds is 5. The molecule has 1 rings (SSSR count). The third kappa shape index (κ3) is 3.53. The minimum absolute atomic E-state index is 0.177. The predicted molar refractivity (Wildman–Crippen MR) is 56.8 cm³/mol. The fourth-order valence-corrected chi connectivity index (χ4v) is 2.14. The molecule has 0 aromatic rings. The van der Waals surface area contributed by atoms with E-state index in [9.17, 15) is 8.42 Å². The molecule has 1 fully saturated rings. The predicted octanol–water partition coefficient (Wildman–Crippen LogP) is -1.17. The third-order valence-electron chi connectivity index (χ3n) is 2.41. The Balaban J connectivity index is 2.20. The molecule has 0 aliphatic carbocycles. The first-order valence-electron chi connectivity index (χ1n) is 4.86. The van der Waals surface area contributed by atoms with E-state index in [1.54, 1.807) is 14.1 Å². The van der Waals surface area contributed by atoms with Gasteiger partial charge in [0, 0.05) is 33.2 Å². The maximum atomic E-state index is 11.4. The van der Waals surface area contributed by atoms with Gasteiger partial charge in [0.15, 0.2) is 0 Å². The molecule has 1 aliphatic rings. The zero-order valence-electron chi connectivity index (χ0n) is 8.78. The summed E-state index contributed by atoms with van der Waals surface area (Å²) in [4.78, 5) is 0. The SMILES string of the molecule is CN(C)S(=O)(=O)CCNC1CCNC1. The van der Waals surface area contributed by atoms with Crippen LogP contribution in [0.1, 0.15) is 6.42 Å². The molecule has 0 saturated carbocycles. The highest BCUT2D eigenvalue weighted by atomic mass is 32.2. The maximum absolute atomic E-state index is 11.4. The Morgan fingerprint density at radius 2 is 2.21 bits per heavy atom. The molecular weight excluding hydrogens is 202 g/mol. The summed E-state index contributed by atoms with van der Waals surface area (Å²) >= 11 is 0. The van der Waals surface area contributed by atoms with Crippen LogP contribution in [0, 0.1) is 0 Å². The zero-order chi connectivity index (χ0) is 10.6. The average Bonchev–Trinajstić information content (AvgIpc) is 2.56. The van der Waals surface area contributed by atoms with Crippen molar-refractivity contribution in [2.45, 2.75) is 12.5 Å². The van der Waals surface area contributed by atoms with Crippen molar-refractivity contribution in [1.82, 2.24) is 14.9 Å². The number of nitrogens with zero attached hydrogens (tertiary/aromatic N) is 1. The minimum Gasteiger partial charge on any atom is -0.315 e. The molecule has 14 heavy (non-hydrogen) atoms. The second kappa shape index (κ2) is 5.06. The van der Waals surface area contributed by atoms with E-state index in [-0.39, 0.29) is 5.75 Å². The van der Waals surface area contributed by atoms with E-state index in [0.717, 1.165) is 19.5 Å². The van der Waals surface area contributed by atoms with Gasteiger partial charge in [0.1, 0.15) is 0 Å². The first kappa shape index (κ1) is 11.9. The Hall–Kier alpha value is -0.170. The summed E-state index contributed by atoms with van der Waals surface area (Å²) in [5.74, 6) is 0.177. The Bertz CT molecular complexity index is 258. The van der Waals surface area contributed by atoms with E-state index in [0.29, 0.717) is 12.6 Å². The average molecular weight is 221 g/mol. The number of hydrogen-bond acceptors (Lipinski definition) is 4. The van der Waals surface area contributed by atoms with Crippen molar-refractivity contribution in [3.63, 3.8) is 0 Å². The number of hydrogen-bond donors (Lipinski definition) is 2. The Labute approximate surface area is 85.9 Å². The van der Waals surface area contributed by atoms with Crippen LogP contribution in [0.2, 0.25) is 0 Å². The van der Waals surface area contributed by atoms with Crippen LogP contribution in [0.25, 0.3) is 0 Å². The van der Waals surface area contributed by atoms with Gasteiger partial charge in [-0.1, -0.05) is 0 Å². The van der Waals surface area contributed by atoms with Crippen LogP contribution in [-0.2, 0) is 10.0 Å². The maximum Gasteiger partial charge on any atom is 0.214 e. The van der Waals surface area contributed by atoms with Crippen LogP contribution in [0.5, 0.6) is 0 Å². The fourth-order valence-electron chi connectivity index (χ4n) is 1.40. The van der Waals surface area contributed by atoms with Crippen molar-refractivity contribution in [2.24, 2.45) is 0 Å². The molecular formula is C8H19N3O2S. The van der Waals surface area contributed by atoms with Gasteiger partial charge in [-0.25, -0.2) is 12.7 Å².